The van der Waals surface area contributed by atoms with E-state index in [4.69, 9.17) is 0 Å². The summed E-state index contributed by atoms with van der Waals surface area (Å²) in [6.45, 7) is 0. The van der Waals surface area contributed by atoms with Gasteiger partial charge in [0.05, 0.1) is 12.0 Å². The van der Waals surface area contributed by atoms with Gasteiger partial charge in [-0.05, 0) is 36.0 Å². The highest BCUT2D eigenvalue weighted by Crippen LogP contribution is 2.37. The van der Waals surface area contributed by atoms with Crippen LogP contribution in [-0.2, 0) is 9.59 Å². The lowest BCUT2D eigenvalue weighted by molar-refractivity contribution is -0.128. The van der Waals surface area contributed by atoms with Crippen molar-refractivity contribution >= 4 is 23.6 Å². The number of aromatic nitrogens is 1. The summed E-state index contributed by atoms with van der Waals surface area (Å²) in [5.74, 6) is 1.90. The van der Waals surface area contributed by atoms with Gasteiger partial charge in [-0.1, -0.05) is 6.07 Å². The Kier molecular flexibility index (Phi) is 4.66. The van der Waals surface area contributed by atoms with Gasteiger partial charge in [0.25, 0.3) is 0 Å². The number of carbonyl (C=O) groups is 2. The SMILES string of the molecule is CN1C(=O)CC(C(=O)NC2CCSCC2)C1c1cccnc1. The molecular weight excluding hydrogens is 298 g/mol. The van der Waals surface area contributed by atoms with Crippen molar-refractivity contribution in [1.82, 2.24) is 15.2 Å². The number of likely N-dealkylation sites (tertiary alicyclic amines) is 1. The molecule has 0 bridgehead atoms. The molecule has 5 nitrogen and oxygen atoms in total. The fourth-order valence-corrected chi connectivity index (χ4v) is 4.37. The molecule has 6 heteroatoms. The van der Waals surface area contributed by atoms with Crippen LogP contribution in [0.5, 0.6) is 0 Å². The normalized spacial score (nSPS) is 26.2. The first-order chi connectivity index (χ1) is 10.7. The minimum atomic E-state index is -0.323. The number of rotatable bonds is 3. The number of hydrogen-bond acceptors (Lipinski definition) is 4. The van der Waals surface area contributed by atoms with E-state index >= 15 is 0 Å². The van der Waals surface area contributed by atoms with Crippen molar-refractivity contribution in [2.24, 2.45) is 5.92 Å². The molecule has 2 aliphatic heterocycles. The molecule has 1 N–H and O–H groups in total. The Morgan fingerprint density at radius 2 is 2.18 bits per heavy atom. The van der Waals surface area contributed by atoms with E-state index in [1.807, 2.05) is 23.9 Å². The predicted molar refractivity (Wildman–Crippen MR) is 86.3 cm³/mol. The van der Waals surface area contributed by atoms with E-state index in [-0.39, 0.29) is 36.2 Å². The Balaban J connectivity index is 1.75. The molecule has 2 fully saturated rings. The van der Waals surface area contributed by atoms with Crippen molar-refractivity contribution in [3.8, 4) is 0 Å². The second kappa shape index (κ2) is 6.69. The average Bonchev–Trinajstić information content (AvgIpc) is 2.85. The van der Waals surface area contributed by atoms with Gasteiger partial charge in [-0.25, -0.2) is 0 Å². The monoisotopic (exact) mass is 319 g/mol. The van der Waals surface area contributed by atoms with Crippen LogP contribution in [-0.4, -0.2) is 46.3 Å². The Morgan fingerprint density at radius 3 is 2.86 bits per heavy atom. The van der Waals surface area contributed by atoms with Gasteiger partial charge in [0.2, 0.25) is 11.8 Å². The van der Waals surface area contributed by atoms with Crippen LogP contribution in [0.2, 0.25) is 0 Å². The van der Waals surface area contributed by atoms with Crippen LogP contribution in [0.25, 0.3) is 0 Å². The van der Waals surface area contributed by atoms with E-state index in [0.717, 1.165) is 29.9 Å². The topological polar surface area (TPSA) is 62.3 Å². The zero-order chi connectivity index (χ0) is 15.5. The lowest BCUT2D eigenvalue weighted by Gasteiger charge is -2.27. The smallest absolute Gasteiger partial charge is 0.226 e. The standard InChI is InChI=1S/C16H21N3O2S/c1-19-14(20)9-13(15(19)11-3-2-6-17-10-11)16(21)18-12-4-7-22-8-5-12/h2-3,6,10,12-13,15H,4-5,7-9H2,1H3,(H,18,21). The molecule has 2 saturated heterocycles. The molecule has 22 heavy (non-hydrogen) atoms. The van der Waals surface area contributed by atoms with Gasteiger partial charge < -0.3 is 10.2 Å². The second-order valence-corrected chi connectivity index (χ2v) is 7.17. The van der Waals surface area contributed by atoms with E-state index in [2.05, 4.69) is 10.3 Å². The zero-order valence-electron chi connectivity index (χ0n) is 12.7. The van der Waals surface area contributed by atoms with Crippen LogP contribution >= 0.6 is 11.8 Å². The van der Waals surface area contributed by atoms with E-state index in [1.165, 1.54) is 0 Å². The second-order valence-electron chi connectivity index (χ2n) is 5.94. The van der Waals surface area contributed by atoms with Crippen LogP contribution in [0, 0.1) is 5.92 Å². The minimum absolute atomic E-state index is 0.00320. The van der Waals surface area contributed by atoms with Gasteiger partial charge in [0.1, 0.15) is 0 Å². The molecule has 0 spiro atoms. The Labute approximate surface area is 134 Å². The summed E-state index contributed by atoms with van der Waals surface area (Å²) in [6.07, 6.45) is 5.77. The molecule has 0 saturated carbocycles. The molecule has 2 unspecified atom stereocenters. The molecular formula is C16H21N3O2S. The molecule has 1 aromatic rings. The zero-order valence-corrected chi connectivity index (χ0v) is 13.5. The van der Waals surface area contributed by atoms with Crippen molar-refractivity contribution in [3.63, 3.8) is 0 Å². The molecule has 3 heterocycles. The number of hydrogen-bond donors (Lipinski definition) is 1. The van der Waals surface area contributed by atoms with Gasteiger partial charge in [0, 0.05) is 31.9 Å². The van der Waals surface area contributed by atoms with Crippen molar-refractivity contribution in [1.29, 1.82) is 0 Å². The third kappa shape index (κ3) is 3.11. The lowest BCUT2D eigenvalue weighted by Crippen LogP contribution is -2.42. The van der Waals surface area contributed by atoms with Crippen LogP contribution in [0.15, 0.2) is 24.5 Å². The number of amides is 2. The summed E-state index contributed by atoms with van der Waals surface area (Å²) in [5.41, 5.74) is 0.926. The van der Waals surface area contributed by atoms with Gasteiger partial charge in [-0.15, -0.1) is 0 Å². The molecule has 3 rings (SSSR count). The number of thioether (sulfide) groups is 1. The third-order valence-corrected chi connectivity index (χ3v) is 5.57. The van der Waals surface area contributed by atoms with Gasteiger partial charge in [0.15, 0.2) is 0 Å². The predicted octanol–water partition coefficient (Wildman–Crippen LogP) is 1.61. The summed E-state index contributed by atoms with van der Waals surface area (Å²) >= 11 is 1.93. The van der Waals surface area contributed by atoms with Gasteiger partial charge in [-0.3, -0.25) is 14.6 Å². The maximum atomic E-state index is 12.7. The summed E-state index contributed by atoms with van der Waals surface area (Å²) < 4.78 is 0. The summed E-state index contributed by atoms with van der Waals surface area (Å²) in [6, 6.07) is 3.83. The number of nitrogens with zero attached hydrogens (tertiary/aromatic N) is 2. The summed E-state index contributed by atoms with van der Waals surface area (Å²) in [4.78, 5) is 30.6. The summed E-state index contributed by atoms with van der Waals surface area (Å²) in [5, 5.41) is 3.15. The first-order valence-electron chi connectivity index (χ1n) is 7.70. The Hall–Kier alpha value is -1.56. The van der Waals surface area contributed by atoms with Crippen molar-refractivity contribution < 1.29 is 9.59 Å². The van der Waals surface area contributed by atoms with E-state index in [1.54, 1.807) is 24.3 Å². The fraction of sp³-hybridized carbons (Fsp3) is 0.562. The van der Waals surface area contributed by atoms with Crippen LogP contribution in [0.3, 0.4) is 0 Å². The molecule has 1 aromatic heterocycles. The van der Waals surface area contributed by atoms with Crippen molar-refractivity contribution in [2.75, 3.05) is 18.6 Å². The highest BCUT2D eigenvalue weighted by atomic mass is 32.2. The third-order valence-electron chi connectivity index (χ3n) is 4.52. The Morgan fingerprint density at radius 1 is 1.41 bits per heavy atom. The molecule has 0 aliphatic carbocycles. The minimum Gasteiger partial charge on any atom is -0.353 e. The Bertz CT molecular complexity index is 546. The van der Waals surface area contributed by atoms with E-state index in [0.29, 0.717) is 0 Å². The van der Waals surface area contributed by atoms with Crippen LogP contribution in [0.1, 0.15) is 30.9 Å². The highest BCUT2D eigenvalue weighted by Gasteiger charge is 2.43. The lowest BCUT2D eigenvalue weighted by atomic mass is 9.93. The molecule has 2 atom stereocenters. The molecule has 0 radical (unpaired) electrons. The molecule has 0 aromatic carbocycles. The average molecular weight is 319 g/mol. The van der Waals surface area contributed by atoms with Gasteiger partial charge in [-0.2, -0.15) is 11.8 Å². The molecule has 118 valence electrons. The number of pyridine rings is 1. The number of carbonyl (C=O) groups excluding carboxylic acids is 2. The van der Waals surface area contributed by atoms with E-state index in [9.17, 15) is 9.59 Å². The highest BCUT2D eigenvalue weighted by molar-refractivity contribution is 7.99. The van der Waals surface area contributed by atoms with Crippen molar-refractivity contribution in [2.45, 2.75) is 31.3 Å². The molecule has 2 amide bonds. The maximum absolute atomic E-state index is 12.7. The largest absolute Gasteiger partial charge is 0.353 e. The number of nitrogens with one attached hydrogen (secondary N) is 1. The van der Waals surface area contributed by atoms with Crippen LogP contribution in [0.4, 0.5) is 0 Å². The fourth-order valence-electron chi connectivity index (χ4n) is 3.26. The first-order valence-corrected chi connectivity index (χ1v) is 8.86. The maximum Gasteiger partial charge on any atom is 0.226 e. The first kappa shape index (κ1) is 15.3. The van der Waals surface area contributed by atoms with Crippen LogP contribution < -0.4 is 5.32 Å². The summed E-state index contributed by atoms with van der Waals surface area (Å²) in [7, 11) is 1.77. The van der Waals surface area contributed by atoms with E-state index < -0.39 is 0 Å². The molecule has 2 aliphatic rings. The quantitative estimate of drug-likeness (QED) is 0.919. The van der Waals surface area contributed by atoms with Crippen molar-refractivity contribution in [3.05, 3.63) is 30.1 Å². The van der Waals surface area contributed by atoms with Gasteiger partial charge >= 0.3 is 0 Å².